The molecule has 0 bridgehead atoms. The number of carbonyl (C=O) groups is 2. The van der Waals surface area contributed by atoms with E-state index < -0.39 is 33.5 Å². The molecule has 1 aliphatic heterocycles. The molecule has 0 aliphatic carbocycles. The summed E-state index contributed by atoms with van der Waals surface area (Å²) in [4.78, 5) is 24.7. The Morgan fingerprint density at radius 3 is 2.03 bits per heavy atom. The summed E-state index contributed by atoms with van der Waals surface area (Å²) in [6, 6.07) is 19.3. The van der Waals surface area contributed by atoms with Crippen molar-refractivity contribution < 1.29 is 22.7 Å². The van der Waals surface area contributed by atoms with Crippen molar-refractivity contribution in [1.82, 2.24) is 15.4 Å². The van der Waals surface area contributed by atoms with Gasteiger partial charge in [-0.25, -0.2) is 17.9 Å². The number of hydrogen-bond acceptors (Lipinski definition) is 5. The predicted molar refractivity (Wildman–Crippen MR) is 123 cm³/mol. The molecule has 1 fully saturated rings. The second-order valence-electron chi connectivity index (χ2n) is 7.45. The summed E-state index contributed by atoms with van der Waals surface area (Å²) in [5.41, 5.74) is -1.14. The average Bonchev–Trinajstić information content (AvgIpc) is 3.11. The summed E-state index contributed by atoms with van der Waals surface area (Å²) >= 11 is 5.86. The predicted octanol–water partition coefficient (Wildman–Crippen LogP) is 3.53. The maximum Gasteiger partial charge on any atom is 0.322 e. The van der Waals surface area contributed by atoms with Gasteiger partial charge in [-0.3, -0.25) is 10.1 Å². The number of halogens is 1. The number of sulfonamides is 1. The molecular weight excluding hydrogens is 466 g/mol. The fourth-order valence-corrected chi connectivity index (χ4v) is 5.04. The average molecular weight is 486 g/mol. The van der Waals surface area contributed by atoms with Gasteiger partial charge in [-0.05, 0) is 61.0 Å². The van der Waals surface area contributed by atoms with Crippen molar-refractivity contribution in [3.8, 4) is 11.5 Å². The third kappa shape index (κ3) is 4.56. The fraction of sp³-hybridized carbons (Fsp3) is 0.130. The summed E-state index contributed by atoms with van der Waals surface area (Å²) in [5.74, 6) is 0.350. The molecule has 3 amide bonds. The molecule has 0 spiro atoms. The molecule has 1 unspecified atom stereocenters. The number of rotatable bonds is 7. The van der Waals surface area contributed by atoms with Crippen molar-refractivity contribution in [3.63, 3.8) is 0 Å². The molecule has 170 valence electrons. The zero-order chi connectivity index (χ0) is 23.6. The van der Waals surface area contributed by atoms with Crippen molar-refractivity contribution >= 4 is 33.6 Å². The zero-order valence-corrected chi connectivity index (χ0v) is 19.0. The monoisotopic (exact) mass is 485 g/mol. The Morgan fingerprint density at radius 2 is 1.48 bits per heavy atom. The molecule has 1 aliphatic rings. The van der Waals surface area contributed by atoms with E-state index in [1.54, 1.807) is 54.6 Å². The van der Waals surface area contributed by atoms with E-state index in [4.69, 9.17) is 16.3 Å². The van der Waals surface area contributed by atoms with Gasteiger partial charge in [-0.1, -0.05) is 41.9 Å². The first-order valence-corrected chi connectivity index (χ1v) is 11.8. The highest BCUT2D eigenvalue weighted by atomic mass is 35.5. The first kappa shape index (κ1) is 22.8. The van der Waals surface area contributed by atoms with E-state index in [9.17, 15) is 18.0 Å². The molecule has 0 saturated carbocycles. The number of urea groups is 1. The molecule has 3 N–H and O–H groups in total. The van der Waals surface area contributed by atoms with Crippen molar-refractivity contribution in [1.29, 1.82) is 0 Å². The van der Waals surface area contributed by atoms with Crippen LogP contribution in [0.15, 0.2) is 83.8 Å². The molecule has 10 heteroatoms. The van der Waals surface area contributed by atoms with Crippen molar-refractivity contribution in [3.05, 3.63) is 89.4 Å². The summed E-state index contributed by atoms with van der Waals surface area (Å²) in [5, 5.41) is 5.36. The second-order valence-corrected chi connectivity index (χ2v) is 9.60. The zero-order valence-electron chi connectivity index (χ0n) is 17.4. The highest BCUT2D eigenvalue weighted by molar-refractivity contribution is 7.89. The van der Waals surface area contributed by atoms with Gasteiger partial charge in [0.2, 0.25) is 10.0 Å². The molecule has 1 heterocycles. The van der Waals surface area contributed by atoms with Crippen molar-refractivity contribution in [2.75, 3.05) is 0 Å². The maximum absolute atomic E-state index is 13.1. The van der Waals surface area contributed by atoms with Gasteiger partial charge in [-0.2, -0.15) is 0 Å². The minimum absolute atomic E-state index is 0.0225. The van der Waals surface area contributed by atoms with Gasteiger partial charge < -0.3 is 10.1 Å². The summed E-state index contributed by atoms with van der Waals surface area (Å²) in [7, 11) is -4.03. The summed E-state index contributed by atoms with van der Waals surface area (Å²) < 4.78 is 34.3. The van der Waals surface area contributed by atoms with Gasteiger partial charge in [0.15, 0.2) is 5.54 Å². The number of hydrogen-bond donors (Lipinski definition) is 3. The Kier molecular flexibility index (Phi) is 6.11. The maximum atomic E-state index is 13.1. The van der Waals surface area contributed by atoms with Crippen LogP contribution in [0.25, 0.3) is 0 Å². The van der Waals surface area contributed by atoms with E-state index >= 15 is 0 Å². The van der Waals surface area contributed by atoms with E-state index in [2.05, 4.69) is 15.4 Å². The SMILES string of the molecule is CC(NS(=O)(=O)c1ccc(Oc2ccc(Cl)cc2)cc1)[C@@]1(c2ccccc2)NC(=O)NC1=O. The van der Waals surface area contributed by atoms with Crippen LogP contribution in [0.5, 0.6) is 11.5 Å². The Morgan fingerprint density at radius 1 is 0.909 bits per heavy atom. The molecule has 3 aromatic rings. The molecule has 8 nitrogen and oxygen atoms in total. The van der Waals surface area contributed by atoms with Crippen LogP contribution < -0.4 is 20.1 Å². The van der Waals surface area contributed by atoms with E-state index in [-0.39, 0.29) is 4.90 Å². The topological polar surface area (TPSA) is 114 Å². The highest BCUT2D eigenvalue weighted by Gasteiger charge is 2.52. The lowest BCUT2D eigenvalue weighted by molar-refractivity contribution is -0.125. The molecule has 3 aromatic carbocycles. The smallest absolute Gasteiger partial charge is 0.322 e. The van der Waals surface area contributed by atoms with Crippen LogP contribution in [0.2, 0.25) is 5.02 Å². The van der Waals surface area contributed by atoms with E-state index in [1.807, 2.05) is 0 Å². The van der Waals surface area contributed by atoms with E-state index in [0.717, 1.165) is 0 Å². The van der Waals surface area contributed by atoms with Gasteiger partial charge in [0.05, 0.1) is 10.9 Å². The first-order chi connectivity index (χ1) is 15.7. The first-order valence-electron chi connectivity index (χ1n) is 9.96. The van der Waals surface area contributed by atoms with Gasteiger partial charge in [-0.15, -0.1) is 0 Å². The molecule has 33 heavy (non-hydrogen) atoms. The minimum atomic E-state index is -4.03. The van der Waals surface area contributed by atoms with Crippen LogP contribution >= 0.6 is 11.6 Å². The lowest BCUT2D eigenvalue weighted by Crippen LogP contribution is -2.58. The van der Waals surface area contributed by atoms with Crippen LogP contribution in [0, 0.1) is 0 Å². The van der Waals surface area contributed by atoms with Crippen LogP contribution in [-0.2, 0) is 20.4 Å². The minimum Gasteiger partial charge on any atom is -0.457 e. The summed E-state index contributed by atoms with van der Waals surface area (Å²) in [6.07, 6.45) is 0. The Labute approximate surface area is 196 Å². The molecule has 0 radical (unpaired) electrons. The van der Waals surface area contributed by atoms with Crippen LogP contribution in [0.4, 0.5) is 4.79 Å². The summed E-state index contributed by atoms with van der Waals surface area (Å²) in [6.45, 7) is 1.52. The van der Waals surface area contributed by atoms with Gasteiger partial charge in [0.1, 0.15) is 11.5 Å². The van der Waals surface area contributed by atoms with Crippen LogP contribution in [0.3, 0.4) is 0 Å². The van der Waals surface area contributed by atoms with Crippen molar-refractivity contribution in [2.24, 2.45) is 0 Å². The number of amides is 3. The van der Waals surface area contributed by atoms with Gasteiger partial charge in [0.25, 0.3) is 5.91 Å². The fourth-order valence-electron chi connectivity index (χ4n) is 3.64. The number of imide groups is 1. The third-order valence-electron chi connectivity index (χ3n) is 5.29. The number of benzene rings is 3. The van der Waals surface area contributed by atoms with Crippen LogP contribution in [-0.4, -0.2) is 26.4 Å². The number of ether oxygens (including phenoxy) is 1. The number of nitrogens with one attached hydrogen (secondary N) is 3. The Bertz CT molecular complexity index is 1280. The molecule has 1 saturated heterocycles. The molecule has 0 aromatic heterocycles. The lowest BCUT2D eigenvalue weighted by atomic mass is 9.84. The van der Waals surface area contributed by atoms with Crippen molar-refractivity contribution in [2.45, 2.75) is 23.4 Å². The largest absolute Gasteiger partial charge is 0.457 e. The Balaban J connectivity index is 1.56. The Hall–Kier alpha value is -3.40. The molecular formula is C23H20ClN3O5S. The van der Waals surface area contributed by atoms with E-state index in [0.29, 0.717) is 22.1 Å². The standard InChI is InChI=1S/C23H20ClN3O5S/c1-15(23(16-5-3-2-4-6-16)21(28)25-22(29)26-23)27-33(30,31)20-13-11-19(12-14-20)32-18-9-7-17(24)8-10-18/h2-15,27H,1H3,(H2,25,26,28,29)/t15?,23-/m0/s1. The van der Waals surface area contributed by atoms with Crippen LogP contribution in [0.1, 0.15) is 12.5 Å². The second kappa shape index (κ2) is 8.86. The van der Waals surface area contributed by atoms with Gasteiger partial charge >= 0.3 is 6.03 Å². The quantitative estimate of drug-likeness (QED) is 0.443. The number of carbonyl (C=O) groups excluding carboxylic acids is 2. The third-order valence-corrected chi connectivity index (χ3v) is 7.10. The lowest BCUT2D eigenvalue weighted by Gasteiger charge is -2.33. The molecule has 4 rings (SSSR count). The van der Waals surface area contributed by atoms with E-state index in [1.165, 1.54) is 31.2 Å². The normalized spacial score (nSPS) is 19.0. The highest BCUT2D eigenvalue weighted by Crippen LogP contribution is 2.30. The van der Waals surface area contributed by atoms with Gasteiger partial charge in [0, 0.05) is 5.02 Å². The molecule has 2 atom stereocenters.